The second-order valence-corrected chi connectivity index (χ2v) is 4.97. The van der Waals surface area contributed by atoms with Crippen molar-refractivity contribution in [1.82, 2.24) is 4.90 Å². The van der Waals surface area contributed by atoms with Crippen LogP contribution in [0.4, 0.5) is 0 Å². The molecule has 0 saturated heterocycles. The zero-order valence-corrected chi connectivity index (χ0v) is 10.6. The van der Waals surface area contributed by atoms with Crippen molar-refractivity contribution >= 4 is 5.91 Å². The third-order valence-corrected chi connectivity index (χ3v) is 3.52. The molecule has 0 aromatic rings. The summed E-state index contributed by atoms with van der Waals surface area (Å²) in [6, 6.07) is 0. The summed E-state index contributed by atoms with van der Waals surface area (Å²) in [4.78, 5) is 13.9. The summed E-state index contributed by atoms with van der Waals surface area (Å²) in [5.41, 5.74) is 0. The lowest BCUT2D eigenvalue weighted by Gasteiger charge is -2.28. The van der Waals surface area contributed by atoms with E-state index in [9.17, 15) is 9.90 Å². The van der Waals surface area contributed by atoms with Crippen molar-refractivity contribution in [2.24, 2.45) is 5.92 Å². The molecule has 3 nitrogen and oxygen atoms in total. The molecule has 1 fully saturated rings. The summed E-state index contributed by atoms with van der Waals surface area (Å²) >= 11 is 0. The van der Waals surface area contributed by atoms with E-state index in [0.29, 0.717) is 0 Å². The molecule has 0 spiro atoms. The van der Waals surface area contributed by atoms with Crippen LogP contribution in [-0.2, 0) is 4.79 Å². The van der Waals surface area contributed by atoms with Gasteiger partial charge in [0.15, 0.2) is 0 Å². The van der Waals surface area contributed by atoms with E-state index in [4.69, 9.17) is 0 Å². The Morgan fingerprint density at radius 3 is 2.44 bits per heavy atom. The van der Waals surface area contributed by atoms with Crippen LogP contribution in [0.1, 0.15) is 51.9 Å². The van der Waals surface area contributed by atoms with Gasteiger partial charge in [-0.1, -0.05) is 19.8 Å². The molecular weight excluding hydrogens is 202 g/mol. The summed E-state index contributed by atoms with van der Waals surface area (Å²) in [7, 11) is 1.91. The van der Waals surface area contributed by atoms with E-state index in [2.05, 4.69) is 6.92 Å². The number of carbonyl (C=O) groups excluding carboxylic acids is 1. The number of amides is 1. The minimum absolute atomic E-state index is 0.162. The van der Waals surface area contributed by atoms with Gasteiger partial charge in [0.1, 0.15) is 0 Å². The molecule has 0 aliphatic heterocycles. The van der Waals surface area contributed by atoms with Crippen molar-refractivity contribution in [3.8, 4) is 0 Å². The molecular formula is C13H25NO2. The molecule has 0 heterocycles. The van der Waals surface area contributed by atoms with Gasteiger partial charge in [0.05, 0.1) is 6.10 Å². The normalized spacial score (nSPS) is 25.4. The molecule has 16 heavy (non-hydrogen) atoms. The third-order valence-electron chi connectivity index (χ3n) is 3.52. The number of aliphatic hydroxyl groups excluding tert-OH is 1. The van der Waals surface area contributed by atoms with Crippen molar-refractivity contribution in [1.29, 1.82) is 0 Å². The first-order valence-corrected chi connectivity index (χ1v) is 6.58. The van der Waals surface area contributed by atoms with Crippen LogP contribution in [-0.4, -0.2) is 35.6 Å². The molecule has 1 amide bonds. The molecule has 3 heteroatoms. The van der Waals surface area contributed by atoms with Gasteiger partial charge in [-0.2, -0.15) is 0 Å². The lowest BCUT2D eigenvalue weighted by molar-refractivity contribution is -0.135. The van der Waals surface area contributed by atoms with Crippen LogP contribution in [0.15, 0.2) is 0 Å². The zero-order chi connectivity index (χ0) is 12.0. The van der Waals surface area contributed by atoms with Crippen molar-refractivity contribution < 1.29 is 9.90 Å². The van der Waals surface area contributed by atoms with E-state index in [1.807, 2.05) is 11.9 Å². The van der Waals surface area contributed by atoms with E-state index in [-0.39, 0.29) is 17.9 Å². The van der Waals surface area contributed by atoms with Gasteiger partial charge in [-0.25, -0.2) is 0 Å². The Morgan fingerprint density at radius 2 is 1.88 bits per heavy atom. The average Bonchev–Trinajstić information content (AvgIpc) is 2.29. The molecule has 1 aliphatic carbocycles. The molecule has 1 saturated carbocycles. The Morgan fingerprint density at radius 1 is 1.25 bits per heavy atom. The predicted molar refractivity (Wildman–Crippen MR) is 65.1 cm³/mol. The Kier molecular flexibility index (Phi) is 5.81. The molecule has 1 N–H and O–H groups in total. The minimum atomic E-state index is -0.172. The van der Waals surface area contributed by atoms with E-state index >= 15 is 0 Å². The SMILES string of the molecule is CCCCCN(C)C(=O)C1CCC(O)CC1. The molecule has 0 bridgehead atoms. The second kappa shape index (κ2) is 6.89. The average molecular weight is 227 g/mol. The highest BCUT2D eigenvalue weighted by molar-refractivity contribution is 5.78. The number of nitrogens with zero attached hydrogens (tertiary/aromatic N) is 1. The second-order valence-electron chi connectivity index (χ2n) is 4.97. The van der Waals surface area contributed by atoms with Gasteiger partial charge in [-0.05, 0) is 32.1 Å². The fourth-order valence-corrected chi connectivity index (χ4v) is 2.34. The third kappa shape index (κ3) is 4.12. The highest BCUT2D eigenvalue weighted by Gasteiger charge is 2.26. The molecule has 94 valence electrons. The summed E-state index contributed by atoms with van der Waals surface area (Å²) in [6.07, 6.45) is 6.62. The number of unbranched alkanes of at least 4 members (excludes halogenated alkanes) is 2. The van der Waals surface area contributed by atoms with Crippen LogP contribution in [0.5, 0.6) is 0 Å². The van der Waals surface area contributed by atoms with Crippen LogP contribution in [0.2, 0.25) is 0 Å². The van der Waals surface area contributed by atoms with Crippen LogP contribution in [0, 0.1) is 5.92 Å². The van der Waals surface area contributed by atoms with Gasteiger partial charge in [-0.15, -0.1) is 0 Å². The Balaban J connectivity index is 2.27. The van der Waals surface area contributed by atoms with Gasteiger partial charge in [0.2, 0.25) is 5.91 Å². The van der Waals surface area contributed by atoms with Crippen molar-refractivity contribution in [2.45, 2.75) is 58.0 Å². The van der Waals surface area contributed by atoms with Crippen LogP contribution < -0.4 is 0 Å². The van der Waals surface area contributed by atoms with Gasteiger partial charge in [0, 0.05) is 19.5 Å². The Hall–Kier alpha value is -0.570. The number of hydrogen-bond acceptors (Lipinski definition) is 2. The van der Waals surface area contributed by atoms with Gasteiger partial charge in [0.25, 0.3) is 0 Å². The predicted octanol–water partition coefficient (Wildman–Crippen LogP) is 2.19. The topological polar surface area (TPSA) is 40.5 Å². The minimum Gasteiger partial charge on any atom is -0.393 e. The summed E-state index contributed by atoms with van der Waals surface area (Å²) in [6.45, 7) is 3.05. The summed E-state index contributed by atoms with van der Waals surface area (Å²) in [5, 5.41) is 9.40. The number of rotatable bonds is 5. The van der Waals surface area contributed by atoms with Gasteiger partial charge < -0.3 is 10.0 Å². The maximum atomic E-state index is 12.0. The molecule has 0 radical (unpaired) electrons. The zero-order valence-electron chi connectivity index (χ0n) is 10.6. The number of hydrogen-bond donors (Lipinski definition) is 1. The van der Waals surface area contributed by atoms with E-state index in [1.165, 1.54) is 12.8 Å². The van der Waals surface area contributed by atoms with Crippen LogP contribution in [0.25, 0.3) is 0 Å². The Bertz CT molecular complexity index is 210. The lowest BCUT2D eigenvalue weighted by atomic mass is 9.86. The smallest absolute Gasteiger partial charge is 0.225 e. The number of aliphatic hydroxyl groups is 1. The molecule has 0 aromatic carbocycles. The first-order chi connectivity index (χ1) is 7.65. The molecule has 1 rings (SSSR count). The monoisotopic (exact) mass is 227 g/mol. The highest BCUT2D eigenvalue weighted by atomic mass is 16.3. The van der Waals surface area contributed by atoms with Crippen LogP contribution >= 0.6 is 0 Å². The van der Waals surface area contributed by atoms with Crippen LogP contribution in [0.3, 0.4) is 0 Å². The highest BCUT2D eigenvalue weighted by Crippen LogP contribution is 2.25. The maximum absolute atomic E-state index is 12.0. The molecule has 1 aliphatic rings. The molecule has 0 atom stereocenters. The molecule has 0 unspecified atom stereocenters. The summed E-state index contributed by atoms with van der Waals surface area (Å²) in [5.74, 6) is 0.443. The fourth-order valence-electron chi connectivity index (χ4n) is 2.34. The number of carbonyl (C=O) groups is 1. The fraction of sp³-hybridized carbons (Fsp3) is 0.923. The van der Waals surface area contributed by atoms with E-state index in [0.717, 1.165) is 38.6 Å². The Labute approximate surface area is 98.8 Å². The van der Waals surface area contributed by atoms with E-state index < -0.39 is 0 Å². The first kappa shape index (κ1) is 13.5. The molecule has 0 aromatic heterocycles. The van der Waals surface area contributed by atoms with Crippen molar-refractivity contribution in [3.63, 3.8) is 0 Å². The summed E-state index contributed by atoms with van der Waals surface area (Å²) < 4.78 is 0. The lowest BCUT2D eigenvalue weighted by Crippen LogP contribution is -2.36. The standard InChI is InChI=1S/C13H25NO2/c1-3-4-5-10-14(2)13(16)11-6-8-12(15)9-7-11/h11-12,15H,3-10H2,1-2H3. The van der Waals surface area contributed by atoms with Crippen molar-refractivity contribution in [2.75, 3.05) is 13.6 Å². The quantitative estimate of drug-likeness (QED) is 0.731. The first-order valence-electron chi connectivity index (χ1n) is 6.58. The maximum Gasteiger partial charge on any atom is 0.225 e. The van der Waals surface area contributed by atoms with E-state index in [1.54, 1.807) is 0 Å². The largest absolute Gasteiger partial charge is 0.393 e. The van der Waals surface area contributed by atoms with Crippen molar-refractivity contribution in [3.05, 3.63) is 0 Å². The van der Waals surface area contributed by atoms with Gasteiger partial charge in [-0.3, -0.25) is 4.79 Å². The van der Waals surface area contributed by atoms with Gasteiger partial charge >= 0.3 is 0 Å².